The summed E-state index contributed by atoms with van der Waals surface area (Å²) in [4.78, 5) is 35.3. The number of benzene rings is 2. The molecule has 0 aliphatic heterocycles. The Bertz CT molecular complexity index is 875. The van der Waals surface area contributed by atoms with E-state index >= 15 is 0 Å². The van der Waals surface area contributed by atoms with Gasteiger partial charge in [0.2, 0.25) is 5.91 Å². The molecule has 0 unspecified atom stereocenters. The fourth-order valence-electron chi connectivity index (χ4n) is 2.65. The van der Waals surface area contributed by atoms with Gasteiger partial charge in [0.15, 0.2) is 5.78 Å². The van der Waals surface area contributed by atoms with Gasteiger partial charge in [0, 0.05) is 23.9 Å². The number of anilines is 1. The summed E-state index contributed by atoms with van der Waals surface area (Å²) in [6.07, 6.45) is -0.0266. The van der Waals surface area contributed by atoms with Crippen LogP contribution in [-0.2, 0) is 22.6 Å². The number of hydrogen-bond acceptors (Lipinski definition) is 5. The molecule has 0 fully saturated rings. The van der Waals surface area contributed by atoms with E-state index in [1.165, 1.54) is 33.3 Å². The summed E-state index contributed by atoms with van der Waals surface area (Å²) in [5.74, 6) is -1.08. The van der Waals surface area contributed by atoms with Gasteiger partial charge in [-0.3, -0.25) is 9.59 Å². The Morgan fingerprint density at radius 2 is 1.78 bits per heavy atom. The van der Waals surface area contributed by atoms with E-state index in [0.717, 1.165) is 0 Å². The monoisotopic (exact) mass is 371 g/mol. The maximum atomic E-state index is 12.5. The minimum atomic E-state index is -1.10. The second-order valence-corrected chi connectivity index (χ2v) is 5.96. The molecule has 0 heterocycles. The molecule has 7 heteroatoms. The van der Waals surface area contributed by atoms with Gasteiger partial charge in [-0.05, 0) is 48.9 Å². The number of amides is 1. The van der Waals surface area contributed by atoms with Crippen molar-refractivity contribution in [2.75, 3.05) is 19.5 Å². The van der Waals surface area contributed by atoms with E-state index in [9.17, 15) is 19.5 Å². The number of carboxylic acids is 1. The fraction of sp³-hybridized carbons (Fsp3) is 0.250. The Labute approximate surface area is 156 Å². The quantitative estimate of drug-likeness (QED) is 0.692. The zero-order valence-corrected chi connectivity index (χ0v) is 15.4. The molecule has 0 aliphatic rings. The predicted octanol–water partition coefficient (Wildman–Crippen LogP) is 2.92. The lowest BCUT2D eigenvalue weighted by molar-refractivity contribution is -0.115. The maximum Gasteiger partial charge on any atom is 0.335 e. The minimum Gasteiger partial charge on any atom is -0.496 e. The van der Waals surface area contributed by atoms with E-state index in [2.05, 4.69) is 5.32 Å². The second kappa shape index (κ2) is 8.95. The largest absolute Gasteiger partial charge is 0.496 e. The number of carbonyl (C=O) groups excluding carboxylic acids is 2. The lowest BCUT2D eigenvalue weighted by atomic mass is 10.0. The van der Waals surface area contributed by atoms with E-state index in [4.69, 9.17) is 9.47 Å². The van der Waals surface area contributed by atoms with Crippen molar-refractivity contribution in [1.29, 1.82) is 0 Å². The highest BCUT2D eigenvalue weighted by Crippen LogP contribution is 2.22. The zero-order valence-electron chi connectivity index (χ0n) is 15.4. The molecule has 2 aromatic carbocycles. The average Bonchev–Trinajstić information content (AvgIpc) is 2.61. The number of rotatable bonds is 8. The third-order valence-electron chi connectivity index (χ3n) is 3.87. The molecule has 0 bridgehead atoms. The van der Waals surface area contributed by atoms with Gasteiger partial charge >= 0.3 is 5.97 Å². The molecular weight excluding hydrogens is 350 g/mol. The van der Waals surface area contributed by atoms with E-state index < -0.39 is 5.97 Å². The van der Waals surface area contributed by atoms with Gasteiger partial charge in [-0.1, -0.05) is 0 Å². The van der Waals surface area contributed by atoms with Gasteiger partial charge in [-0.15, -0.1) is 0 Å². The molecular formula is C20H21NO6. The molecule has 0 aliphatic carbocycles. The average molecular weight is 371 g/mol. The van der Waals surface area contributed by atoms with Crippen LogP contribution in [0, 0.1) is 0 Å². The molecule has 1 amide bonds. The molecule has 0 saturated carbocycles. The summed E-state index contributed by atoms with van der Waals surface area (Å²) < 4.78 is 10.3. The number of ketones is 1. The Kier molecular flexibility index (Phi) is 6.67. The zero-order chi connectivity index (χ0) is 20.0. The first-order valence-electron chi connectivity index (χ1n) is 8.18. The van der Waals surface area contributed by atoms with Gasteiger partial charge < -0.3 is 19.9 Å². The smallest absolute Gasteiger partial charge is 0.335 e. The number of hydrogen-bond donors (Lipinski definition) is 2. The Morgan fingerprint density at radius 3 is 2.37 bits per heavy atom. The first-order valence-corrected chi connectivity index (χ1v) is 8.18. The van der Waals surface area contributed by atoms with Gasteiger partial charge in [-0.25, -0.2) is 4.79 Å². The van der Waals surface area contributed by atoms with E-state index in [1.807, 2.05) is 0 Å². The molecule has 142 valence electrons. The topological polar surface area (TPSA) is 102 Å². The normalized spacial score (nSPS) is 10.3. The van der Waals surface area contributed by atoms with Crippen LogP contribution in [0.2, 0.25) is 0 Å². The fourth-order valence-corrected chi connectivity index (χ4v) is 2.65. The molecule has 7 nitrogen and oxygen atoms in total. The summed E-state index contributed by atoms with van der Waals surface area (Å²) in [5, 5.41) is 11.9. The van der Waals surface area contributed by atoms with Gasteiger partial charge in [0.1, 0.15) is 5.75 Å². The van der Waals surface area contributed by atoms with Crippen molar-refractivity contribution in [2.24, 2.45) is 0 Å². The van der Waals surface area contributed by atoms with Crippen molar-refractivity contribution in [3.63, 3.8) is 0 Å². The number of carbonyl (C=O) groups is 3. The summed E-state index contributed by atoms with van der Waals surface area (Å²) in [6.45, 7) is 1.67. The number of carboxylic acid groups (broad SMARTS) is 1. The van der Waals surface area contributed by atoms with Crippen LogP contribution < -0.4 is 10.1 Å². The highest BCUT2D eigenvalue weighted by atomic mass is 16.5. The van der Waals surface area contributed by atoms with Crippen molar-refractivity contribution in [3.8, 4) is 5.75 Å². The highest BCUT2D eigenvalue weighted by molar-refractivity contribution is 5.97. The summed E-state index contributed by atoms with van der Waals surface area (Å²) in [6, 6.07) is 9.41. The van der Waals surface area contributed by atoms with Crippen LogP contribution in [0.1, 0.15) is 38.8 Å². The molecule has 0 atom stereocenters. The molecule has 2 rings (SSSR count). The summed E-state index contributed by atoms with van der Waals surface area (Å²) in [5.41, 5.74) is 2.08. The third kappa shape index (κ3) is 5.39. The second-order valence-electron chi connectivity index (χ2n) is 5.96. The Balaban J connectivity index is 2.24. The van der Waals surface area contributed by atoms with E-state index in [-0.39, 0.29) is 30.3 Å². The number of methoxy groups -OCH3 is 2. The van der Waals surface area contributed by atoms with Crippen molar-refractivity contribution in [2.45, 2.75) is 20.0 Å². The highest BCUT2D eigenvalue weighted by Gasteiger charge is 2.13. The van der Waals surface area contributed by atoms with Crippen LogP contribution in [0.15, 0.2) is 36.4 Å². The first-order chi connectivity index (χ1) is 12.8. The summed E-state index contributed by atoms with van der Waals surface area (Å²) >= 11 is 0. The van der Waals surface area contributed by atoms with Crippen LogP contribution in [0.3, 0.4) is 0 Å². The van der Waals surface area contributed by atoms with Crippen LogP contribution in [0.5, 0.6) is 5.75 Å². The molecule has 0 aromatic heterocycles. The molecule has 27 heavy (non-hydrogen) atoms. The summed E-state index contributed by atoms with van der Waals surface area (Å²) in [7, 11) is 2.98. The van der Waals surface area contributed by atoms with Crippen molar-refractivity contribution < 1.29 is 29.0 Å². The Hall–Kier alpha value is -3.19. The van der Waals surface area contributed by atoms with Crippen LogP contribution in [0.25, 0.3) is 0 Å². The SMILES string of the molecule is COCc1cc(NC(=O)Cc2cc(C(C)=O)ccc2OC)cc(C(=O)O)c1. The molecule has 0 spiro atoms. The predicted molar refractivity (Wildman–Crippen MR) is 99.4 cm³/mol. The van der Waals surface area contributed by atoms with Crippen LogP contribution in [0.4, 0.5) is 5.69 Å². The van der Waals surface area contributed by atoms with Crippen LogP contribution >= 0.6 is 0 Å². The number of nitrogens with one attached hydrogen (secondary N) is 1. The minimum absolute atomic E-state index is 0.0266. The van der Waals surface area contributed by atoms with Gasteiger partial charge in [0.25, 0.3) is 0 Å². The van der Waals surface area contributed by atoms with Crippen molar-refractivity contribution in [3.05, 3.63) is 58.7 Å². The maximum absolute atomic E-state index is 12.5. The number of Topliss-reactive ketones (excluding diaryl/α,β-unsaturated/α-hetero) is 1. The molecule has 2 aromatic rings. The molecule has 2 N–H and O–H groups in total. The van der Waals surface area contributed by atoms with Crippen molar-refractivity contribution >= 4 is 23.3 Å². The van der Waals surface area contributed by atoms with Crippen molar-refractivity contribution in [1.82, 2.24) is 0 Å². The number of ether oxygens (including phenoxy) is 2. The third-order valence-corrected chi connectivity index (χ3v) is 3.87. The van der Waals surface area contributed by atoms with E-state index in [1.54, 1.807) is 24.3 Å². The molecule has 0 radical (unpaired) electrons. The van der Waals surface area contributed by atoms with Crippen LogP contribution in [-0.4, -0.2) is 37.0 Å². The molecule has 0 saturated heterocycles. The number of aromatic carboxylic acids is 1. The van der Waals surface area contributed by atoms with E-state index in [0.29, 0.717) is 28.1 Å². The standard InChI is InChI=1S/C20H21NO6/c1-12(22)14-4-5-18(27-3)15(8-14)10-19(23)21-17-7-13(11-26-2)6-16(9-17)20(24)25/h4-9H,10-11H2,1-3H3,(H,21,23)(H,24,25). The lowest BCUT2D eigenvalue weighted by Gasteiger charge is -2.12. The van der Waals surface area contributed by atoms with Gasteiger partial charge in [0.05, 0.1) is 25.7 Å². The Morgan fingerprint density at radius 1 is 1.04 bits per heavy atom. The first kappa shape index (κ1) is 20.1. The lowest BCUT2D eigenvalue weighted by Crippen LogP contribution is -2.16. The van der Waals surface area contributed by atoms with Gasteiger partial charge in [-0.2, -0.15) is 0 Å².